The quantitative estimate of drug-likeness (QED) is 0.739. The first-order valence-corrected chi connectivity index (χ1v) is 10.1. The number of hydrogen-bond donors (Lipinski definition) is 1. The number of carbonyl (C=O) groups is 1. The number of esters is 1. The highest BCUT2D eigenvalue weighted by Crippen LogP contribution is 2.31. The summed E-state index contributed by atoms with van der Waals surface area (Å²) in [6, 6.07) is 12.1. The van der Waals surface area contributed by atoms with Gasteiger partial charge in [0.2, 0.25) is 10.0 Å². The van der Waals surface area contributed by atoms with Crippen LogP contribution in [-0.2, 0) is 14.8 Å². The molecule has 0 bridgehead atoms. The van der Waals surface area contributed by atoms with E-state index in [4.69, 9.17) is 10.5 Å². The zero-order valence-corrected chi connectivity index (χ0v) is 16.9. The molecule has 0 aliphatic carbocycles. The molecule has 152 valence electrons. The number of carbonyl (C=O) groups excluding carboxylic acids is 1. The summed E-state index contributed by atoms with van der Waals surface area (Å²) >= 11 is 0. The molecular weight excluding hydrogens is 407 g/mol. The summed E-state index contributed by atoms with van der Waals surface area (Å²) in [6.45, 7) is 2.03. The highest BCUT2D eigenvalue weighted by molar-refractivity contribution is 7.89. The van der Waals surface area contributed by atoms with Gasteiger partial charge >= 0.3 is 5.97 Å². The maximum absolute atomic E-state index is 13.9. The third-order valence-electron chi connectivity index (χ3n) is 4.58. The van der Waals surface area contributed by atoms with E-state index in [0.717, 1.165) is 23.8 Å². The third kappa shape index (κ3) is 4.52. The first-order chi connectivity index (χ1) is 12.8. The Hall–Kier alpha value is -2.00. The van der Waals surface area contributed by atoms with Crippen LogP contribution in [0, 0.1) is 5.82 Å². The molecule has 0 spiro atoms. The summed E-state index contributed by atoms with van der Waals surface area (Å²) in [4.78, 5) is 11.6. The second kappa shape index (κ2) is 9.00. The Balaban J connectivity index is 0.00000280. The zero-order chi connectivity index (χ0) is 19.6. The standard InChI is InChI=1S/C19H21FN2O4S.ClH/c1-2-26-19(23)14-8-15(20)10-16(9-14)27(24,25)22-11-17(18(21)12-22)13-6-4-3-5-7-13;/h3-10,17-18H,2,11-12,21H2,1H3;1H/t17-,18+;/m0./s1. The third-order valence-corrected chi connectivity index (χ3v) is 6.39. The van der Waals surface area contributed by atoms with Gasteiger partial charge in [0.05, 0.1) is 17.1 Å². The lowest BCUT2D eigenvalue weighted by Gasteiger charge is -2.17. The van der Waals surface area contributed by atoms with Crippen LogP contribution in [0.5, 0.6) is 0 Å². The normalized spacial score (nSPS) is 19.8. The molecular formula is C19H22ClFN2O4S. The van der Waals surface area contributed by atoms with E-state index in [-0.39, 0.29) is 54.5 Å². The van der Waals surface area contributed by atoms with E-state index in [1.807, 2.05) is 30.3 Å². The monoisotopic (exact) mass is 428 g/mol. The van der Waals surface area contributed by atoms with Crippen LogP contribution in [0.1, 0.15) is 28.8 Å². The van der Waals surface area contributed by atoms with Crippen LogP contribution in [0.3, 0.4) is 0 Å². The average molecular weight is 429 g/mol. The van der Waals surface area contributed by atoms with Gasteiger partial charge in [-0.05, 0) is 30.7 Å². The number of ether oxygens (including phenoxy) is 1. The fourth-order valence-electron chi connectivity index (χ4n) is 3.23. The topological polar surface area (TPSA) is 89.7 Å². The van der Waals surface area contributed by atoms with Crippen LogP contribution in [0.2, 0.25) is 0 Å². The number of halogens is 2. The molecule has 0 radical (unpaired) electrons. The lowest BCUT2D eigenvalue weighted by molar-refractivity contribution is 0.0525. The molecule has 1 saturated heterocycles. The number of benzene rings is 2. The molecule has 0 aromatic heterocycles. The predicted octanol–water partition coefficient (Wildman–Crippen LogP) is 2.54. The maximum Gasteiger partial charge on any atom is 0.338 e. The second-order valence-corrected chi connectivity index (χ2v) is 8.34. The van der Waals surface area contributed by atoms with E-state index < -0.39 is 21.8 Å². The van der Waals surface area contributed by atoms with Crippen molar-refractivity contribution in [3.05, 3.63) is 65.5 Å². The molecule has 9 heteroatoms. The maximum atomic E-state index is 13.9. The van der Waals surface area contributed by atoms with Gasteiger partial charge in [0.1, 0.15) is 5.82 Å². The van der Waals surface area contributed by atoms with Crippen molar-refractivity contribution in [3.63, 3.8) is 0 Å². The van der Waals surface area contributed by atoms with Gasteiger partial charge in [-0.15, -0.1) is 12.4 Å². The fraction of sp³-hybridized carbons (Fsp3) is 0.316. The Bertz CT molecular complexity index is 940. The Morgan fingerprint density at radius 3 is 2.54 bits per heavy atom. The summed E-state index contributed by atoms with van der Waals surface area (Å²) in [6.07, 6.45) is 0. The first kappa shape index (κ1) is 22.3. The fourth-order valence-corrected chi connectivity index (χ4v) is 4.79. The van der Waals surface area contributed by atoms with Crippen molar-refractivity contribution < 1.29 is 22.3 Å². The number of hydrogen-bond acceptors (Lipinski definition) is 5. The van der Waals surface area contributed by atoms with Crippen molar-refractivity contribution in [3.8, 4) is 0 Å². The van der Waals surface area contributed by atoms with Crippen molar-refractivity contribution in [2.45, 2.75) is 23.8 Å². The summed E-state index contributed by atoms with van der Waals surface area (Å²) < 4.78 is 46.0. The van der Waals surface area contributed by atoms with E-state index >= 15 is 0 Å². The minimum absolute atomic E-state index is 0. The molecule has 2 atom stereocenters. The minimum atomic E-state index is -4.00. The zero-order valence-electron chi connectivity index (χ0n) is 15.2. The van der Waals surface area contributed by atoms with E-state index in [0.29, 0.717) is 0 Å². The smallest absolute Gasteiger partial charge is 0.338 e. The van der Waals surface area contributed by atoms with Crippen molar-refractivity contribution in [2.24, 2.45) is 5.73 Å². The van der Waals surface area contributed by atoms with E-state index in [2.05, 4.69) is 0 Å². The molecule has 2 N–H and O–H groups in total. The molecule has 0 amide bonds. The number of sulfonamides is 1. The molecule has 1 fully saturated rings. The van der Waals surface area contributed by atoms with Gasteiger partial charge in [-0.3, -0.25) is 0 Å². The highest BCUT2D eigenvalue weighted by atomic mass is 35.5. The van der Waals surface area contributed by atoms with E-state index in [9.17, 15) is 17.6 Å². The van der Waals surface area contributed by atoms with Crippen LogP contribution in [0.15, 0.2) is 53.4 Å². The Morgan fingerprint density at radius 1 is 1.21 bits per heavy atom. The highest BCUT2D eigenvalue weighted by Gasteiger charge is 2.38. The van der Waals surface area contributed by atoms with Gasteiger partial charge in [-0.25, -0.2) is 17.6 Å². The van der Waals surface area contributed by atoms with Crippen LogP contribution in [0.4, 0.5) is 4.39 Å². The van der Waals surface area contributed by atoms with Crippen LogP contribution in [-0.4, -0.2) is 44.4 Å². The predicted molar refractivity (Wildman–Crippen MR) is 106 cm³/mol. The number of nitrogens with two attached hydrogens (primary N) is 1. The summed E-state index contributed by atoms with van der Waals surface area (Å²) in [5.41, 5.74) is 6.98. The van der Waals surface area contributed by atoms with Crippen molar-refractivity contribution >= 4 is 28.4 Å². The molecule has 2 aromatic rings. The summed E-state index contributed by atoms with van der Waals surface area (Å²) in [5, 5.41) is 0. The van der Waals surface area contributed by atoms with Gasteiger partial charge < -0.3 is 10.5 Å². The van der Waals surface area contributed by atoms with Crippen LogP contribution < -0.4 is 5.73 Å². The van der Waals surface area contributed by atoms with Crippen molar-refractivity contribution in [1.29, 1.82) is 0 Å². The largest absolute Gasteiger partial charge is 0.462 e. The molecule has 0 unspecified atom stereocenters. The van der Waals surface area contributed by atoms with Gasteiger partial charge in [0, 0.05) is 25.0 Å². The Kier molecular flexibility index (Phi) is 7.16. The van der Waals surface area contributed by atoms with Crippen LogP contribution >= 0.6 is 12.4 Å². The Morgan fingerprint density at radius 2 is 1.89 bits per heavy atom. The van der Waals surface area contributed by atoms with Crippen molar-refractivity contribution in [1.82, 2.24) is 4.31 Å². The molecule has 3 rings (SSSR count). The molecule has 2 aromatic carbocycles. The molecule has 1 aliphatic rings. The van der Waals surface area contributed by atoms with Crippen molar-refractivity contribution in [2.75, 3.05) is 19.7 Å². The number of nitrogens with zero attached hydrogens (tertiary/aromatic N) is 1. The molecule has 28 heavy (non-hydrogen) atoms. The minimum Gasteiger partial charge on any atom is -0.462 e. The molecule has 6 nitrogen and oxygen atoms in total. The van der Waals surface area contributed by atoms with E-state index in [1.54, 1.807) is 6.92 Å². The molecule has 1 aliphatic heterocycles. The van der Waals surface area contributed by atoms with Gasteiger partial charge in [0.25, 0.3) is 0 Å². The first-order valence-electron chi connectivity index (χ1n) is 8.61. The molecule has 1 heterocycles. The van der Waals surface area contributed by atoms with Gasteiger partial charge in [0.15, 0.2) is 0 Å². The SMILES string of the molecule is CCOC(=O)c1cc(F)cc(S(=O)(=O)N2C[C@@H](N)[C@H](c3ccccc3)C2)c1.Cl. The van der Waals surface area contributed by atoms with Gasteiger partial charge in [-0.2, -0.15) is 4.31 Å². The van der Waals surface area contributed by atoms with E-state index in [1.165, 1.54) is 4.31 Å². The lowest BCUT2D eigenvalue weighted by Crippen LogP contribution is -2.32. The lowest BCUT2D eigenvalue weighted by atomic mass is 9.95. The summed E-state index contributed by atoms with van der Waals surface area (Å²) in [5.74, 6) is -1.74. The number of rotatable bonds is 5. The van der Waals surface area contributed by atoms with Crippen LogP contribution in [0.25, 0.3) is 0 Å². The molecule has 0 saturated carbocycles. The Labute approximate surface area is 169 Å². The average Bonchev–Trinajstić information content (AvgIpc) is 3.04. The summed E-state index contributed by atoms with van der Waals surface area (Å²) in [7, 11) is -4.00. The van der Waals surface area contributed by atoms with Gasteiger partial charge in [-0.1, -0.05) is 30.3 Å². The second-order valence-electron chi connectivity index (χ2n) is 6.40.